The molecule has 6 nitrogen and oxygen atoms in total. The lowest BCUT2D eigenvalue weighted by Crippen LogP contribution is -2.08. The molecule has 3 rings (SSSR count). The van der Waals surface area contributed by atoms with Crippen molar-refractivity contribution in [3.8, 4) is 28.4 Å². The molecule has 0 spiro atoms. The first-order chi connectivity index (χ1) is 11.6. The zero-order valence-electron chi connectivity index (χ0n) is 14.5. The van der Waals surface area contributed by atoms with Gasteiger partial charge in [-0.2, -0.15) is 0 Å². The molecule has 7 heteroatoms. The summed E-state index contributed by atoms with van der Waals surface area (Å²) < 4.78 is 21.4. The van der Waals surface area contributed by atoms with E-state index < -0.39 is 5.97 Å². The van der Waals surface area contributed by atoms with Crippen molar-refractivity contribution < 1.29 is 23.7 Å². The van der Waals surface area contributed by atoms with Gasteiger partial charge in [0.15, 0.2) is 11.5 Å². The Labute approximate surface area is 157 Å². The van der Waals surface area contributed by atoms with Gasteiger partial charge >= 0.3 is 5.97 Å². The number of nitrogens with zero attached hydrogens (tertiary/aromatic N) is 1. The van der Waals surface area contributed by atoms with Crippen LogP contribution in [-0.2, 0) is 4.74 Å². The Morgan fingerprint density at radius 1 is 1.12 bits per heavy atom. The highest BCUT2D eigenvalue weighted by Gasteiger charge is 2.29. The van der Waals surface area contributed by atoms with Crippen LogP contribution in [0, 0.1) is 0 Å². The van der Waals surface area contributed by atoms with Crippen molar-refractivity contribution in [3.63, 3.8) is 0 Å². The Balaban J connectivity index is 0.00000225. The van der Waals surface area contributed by atoms with Crippen LogP contribution in [0.25, 0.3) is 11.1 Å². The largest absolute Gasteiger partial charge is 0.492 e. The second-order valence-corrected chi connectivity index (χ2v) is 5.50. The first-order valence-corrected chi connectivity index (χ1v) is 7.43. The molecule has 0 N–H and O–H groups in total. The number of hydrogen-bond acceptors (Lipinski definition) is 6. The average Bonchev–Trinajstić information content (AvgIpc) is 3.07. The van der Waals surface area contributed by atoms with Crippen molar-refractivity contribution in [1.29, 1.82) is 0 Å². The van der Waals surface area contributed by atoms with Crippen LogP contribution in [0.4, 0.5) is 5.69 Å². The number of hydrogen-bond donors (Lipinski definition) is 0. The quantitative estimate of drug-likeness (QED) is 0.719. The van der Waals surface area contributed by atoms with E-state index in [4.69, 9.17) is 18.9 Å². The molecule has 134 valence electrons. The van der Waals surface area contributed by atoms with Crippen LogP contribution in [0.1, 0.15) is 10.4 Å². The number of halogens is 1. The van der Waals surface area contributed by atoms with Gasteiger partial charge in [0.2, 0.25) is 12.5 Å². The summed E-state index contributed by atoms with van der Waals surface area (Å²) in [6, 6.07) is 9.44. The molecule has 0 atom stereocenters. The van der Waals surface area contributed by atoms with E-state index in [0.717, 1.165) is 11.3 Å². The third-order valence-corrected chi connectivity index (χ3v) is 3.90. The zero-order chi connectivity index (χ0) is 17.3. The number of rotatable bonds is 4. The molecule has 2 aromatic carbocycles. The first-order valence-electron chi connectivity index (χ1n) is 7.43. The van der Waals surface area contributed by atoms with Crippen molar-refractivity contribution in [2.45, 2.75) is 0 Å². The summed E-state index contributed by atoms with van der Waals surface area (Å²) in [6.07, 6.45) is 0. The molecule has 0 bridgehead atoms. The summed E-state index contributed by atoms with van der Waals surface area (Å²) in [6.45, 7) is 0.0926. The van der Waals surface area contributed by atoms with Crippen LogP contribution in [-0.4, -0.2) is 41.1 Å². The Hall–Kier alpha value is -2.41. The number of fused-ring (bicyclic) bond motifs is 1. The molecule has 1 aliphatic heterocycles. The van der Waals surface area contributed by atoms with Gasteiger partial charge in [0.05, 0.1) is 19.8 Å². The summed E-state index contributed by atoms with van der Waals surface area (Å²) >= 11 is 0. The smallest absolute Gasteiger partial charge is 0.338 e. The molecule has 0 aromatic heterocycles. The standard InChI is InChI=1S/C18H19NO5.BrH/c1-19(2)12-7-5-11(6-8-12)15-13(18(20)22-4)9-14-16(17(15)21-3)24-10-23-14;/h5-9H,10H2,1-4H3;1H. The fraction of sp³-hybridized carbons (Fsp3) is 0.278. The Morgan fingerprint density at radius 2 is 1.80 bits per heavy atom. The SMILES string of the molecule is Br.COC(=O)c1cc2c(c(OC)c1-c1ccc(N(C)C)cc1)OCO2. The molecule has 0 unspecified atom stereocenters. The van der Waals surface area contributed by atoms with Gasteiger partial charge in [0.25, 0.3) is 0 Å². The third-order valence-electron chi connectivity index (χ3n) is 3.90. The van der Waals surface area contributed by atoms with E-state index in [2.05, 4.69) is 0 Å². The molecular formula is C18H20BrNO5. The maximum atomic E-state index is 12.3. The summed E-state index contributed by atoms with van der Waals surface area (Å²) in [4.78, 5) is 14.3. The number of benzene rings is 2. The van der Waals surface area contributed by atoms with E-state index in [1.807, 2.05) is 43.3 Å². The third kappa shape index (κ3) is 3.37. The maximum Gasteiger partial charge on any atom is 0.338 e. The molecule has 0 radical (unpaired) electrons. The number of esters is 1. The van der Waals surface area contributed by atoms with Crippen molar-refractivity contribution >= 4 is 28.6 Å². The van der Waals surface area contributed by atoms with Gasteiger partial charge < -0.3 is 23.8 Å². The molecule has 0 saturated heterocycles. The average molecular weight is 410 g/mol. The van der Waals surface area contributed by atoms with Gasteiger partial charge in [-0.05, 0) is 23.8 Å². The minimum absolute atomic E-state index is 0. The van der Waals surface area contributed by atoms with Gasteiger partial charge in [-0.1, -0.05) is 12.1 Å². The molecule has 0 aliphatic carbocycles. The molecule has 25 heavy (non-hydrogen) atoms. The van der Waals surface area contributed by atoms with Crippen LogP contribution in [0.5, 0.6) is 17.2 Å². The molecule has 1 aliphatic rings. The number of ether oxygens (including phenoxy) is 4. The Bertz CT molecular complexity index is 774. The molecule has 1 heterocycles. The second kappa shape index (κ2) is 7.65. The minimum atomic E-state index is -0.460. The van der Waals surface area contributed by atoms with Crippen molar-refractivity contribution in [2.24, 2.45) is 0 Å². The summed E-state index contributed by atoms with van der Waals surface area (Å²) in [7, 11) is 6.82. The van der Waals surface area contributed by atoms with Crippen molar-refractivity contribution in [3.05, 3.63) is 35.9 Å². The molecule has 2 aromatic rings. The highest BCUT2D eigenvalue weighted by Crippen LogP contribution is 2.49. The predicted molar refractivity (Wildman–Crippen MR) is 101 cm³/mol. The second-order valence-electron chi connectivity index (χ2n) is 5.50. The van der Waals surface area contributed by atoms with Crippen LogP contribution in [0.2, 0.25) is 0 Å². The predicted octanol–water partition coefficient (Wildman–Crippen LogP) is 3.52. The van der Waals surface area contributed by atoms with Crippen LogP contribution >= 0.6 is 17.0 Å². The number of methoxy groups -OCH3 is 2. The van der Waals surface area contributed by atoms with E-state index in [9.17, 15) is 4.79 Å². The highest BCUT2D eigenvalue weighted by molar-refractivity contribution is 8.93. The van der Waals surface area contributed by atoms with Crippen molar-refractivity contribution in [2.75, 3.05) is 40.0 Å². The lowest BCUT2D eigenvalue weighted by atomic mass is 9.97. The maximum absolute atomic E-state index is 12.3. The van der Waals surface area contributed by atoms with Gasteiger partial charge in [-0.3, -0.25) is 0 Å². The molecule has 0 saturated carbocycles. The van der Waals surface area contributed by atoms with E-state index in [1.165, 1.54) is 14.2 Å². The zero-order valence-corrected chi connectivity index (χ0v) is 16.2. The fourth-order valence-corrected chi connectivity index (χ4v) is 2.69. The highest BCUT2D eigenvalue weighted by atomic mass is 79.9. The normalized spacial score (nSPS) is 11.5. The monoisotopic (exact) mass is 409 g/mol. The fourth-order valence-electron chi connectivity index (χ4n) is 2.69. The van der Waals surface area contributed by atoms with Crippen LogP contribution in [0.3, 0.4) is 0 Å². The summed E-state index contributed by atoms with van der Waals surface area (Å²) in [5.74, 6) is 0.971. The molecule has 0 fully saturated rings. The van der Waals surface area contributed by atoms with Gasteiger partial charge in [-0.15, -0.1) is 17.0 Å². The summed E-state index contributed by atoms with van der Waals surface area (Å²) in [5.41, 5.74) is 2.88. The minimum Gasteiger partial charge on any atom is -0.492 e. The van der Waals surface area contributed by atoms with Crippen LogP contribution < -0.4 is 19.1 Å². The first kappa shape index (κ1) is 18.9. The van der Waals surface area contributed by atoms with Gasteiger partial charge in [-0.25, -0.2) is 4.79 Å². The summed E-state index contributed by atoms with van der Waals surface area (Å²) in [5, 5.41) is 0. The van der Waals surface area contributed by atoms with E-state index in [0.29, 0.717) is 28.4 Å². The van der Waals surface area contributed by atoms with Crippen LogP contribution in [0.15, 0.2) is 30.3 Å². The Morgan fingerprint density at radius 3 is 2.36 bits per heavy atom. The Kier molecular flexibility index (Phi) is 5.79. The number of anilines is 1. The van der Waals surface area contributed by atoms with Crippen molar-refractivity contribution in [1.82, 2.24) is 0 Å². The molecular weight excluding hydrogens is 390 g/mol. The topological polar surface area (TPSA) is 57.2 Å². The molecule has 0 amide bonds. The van der Waals surface area contributed by atoms with Gasteiger partial charge in [0, 0.05) is 25.3 Å². The number of carbonyl (C=O) groups excluding carboxylic acids is 1. The van der Waals surface area contributed by atoms with E-state index >= 15 is 0 Å². The van der Waals surface area contributed by atoms with E-state index in [-0.39, 0.29) is 23.8 Å². The number of carbonyl (C=O) groups is 1. The van der Waals surface area contributed by atoms with Gasteiger partial charge in [0.1, 0.15) is 0 Å². The van der Waals surface area contributed by atoms with E-state index in [1.54, 1.807) is 6.07 Å². The lowest BCUT2D eigenvalue weighted by molar-refractivity contribution is 0.0601. The lowest BCUT2D eigenvalue weighted by Gasteiger charge is -2.17.